The van der Waals surface area contributed by atoms with Crippen molar-refractivity contribution < 1.29 is 14.5 Å². The fraction of sp³-hybridized carbons (Fsp3) is 0.143. The summed E-state index contributed by atoms with van der Waals surface area (Å²) >= 11 is 1.30. The summed E-state index contributed by atoms with van der Waals surface area (Å²) in [6.07, 6.45) is 5.13. The van der Waals surface area contributed by atoms with Gasteiger partial charge in [-0.2, -0.15) is 0 Å². The lowest BCUT2D eigenvalue weighted by Gasteiger charge is -2.12. The number of benzene rings is 3. The topological polar surface area (TPSA) is 93.8 Å². The van der Waals surface area contributed by atoms with Crippen LogP contribution in [0.5, 0.6) is 5.75 Å². The summed E-state index contributed by atoms with van der Waals surface area (Å²) in [7, 11) is 0. The molecule has 1 N–H and O–H groups in total. The molecule has 0 aliphatic carbocycles. The lowest BCUT2D eigenvalue weighted by molar-refractivity contribution is -0.384. The predicted molar refractivity (Wildman–Crippen MR) is 144 cm³/mol. The van der Waals surface area contributed by atoms with E-state index < -0.39 is 4.92 Å². The molecule has 1 fully saturated rings. The third-order valence-electron chi connectivity index (χ3n) is 5.49. The average Bonchev–Trinajstić information content (AvgIpc) is 3.22. The molecule has 7 nitrogen and oxygen atoms in total. The van der Waals surface area contributed by atoms with Crippen LogP contribution in [0, 0.1) is 10.1 Å². The molecule has 1 aliphatic rings. The van der Waals surface area contributed by atoms with Gasteiger partial charge in [0.05, 0.1) is 15.5 Å². The summed E-state index contributed by atoms with van der Waals surface area (Å²) in [6, 6.07) is 20.0. The molecular formula is C28H25N3O4S. The van der Waals surface area contributed by atoms with Gasteiger partial charge < -0.3 is 10.1 Å². The number of carbonyl (C=O) groups excluding carboxylic acids is 1. The molecule has 1 amide bonds. The molecule has 182 valence electrons. The Morgan fingerprint density at radius 1 is 1.11 bits per heavy atom. The minimum absolute atomic E-state index is 0.0256. The SMILES string of the molecule is C=CCc1cc(/C=C2\SC(=Nc3ccc(CC)cc3)NC2=O)ccc1OCc1cccc([N+](=O)[O-])c1. The van der Waals surface area contributed by atoms with Crippen molar-refractivity contribution in [3.05, 3.63) is 117 Å². The van der Waals surface area contributed by atoms with Crippen molar-refractivity contribution in [3.8, 4) is 5.75 Å². The van der Waals surface area contributed by atoms with E-state index in [2.05, 4.69) is 23.8 Å². The Hall–Kier alpha value is -4.17. The van der Waals surface area contributed by atoms with E-state index >= 15 is 0 Å². The van der Waals surface area contributed by atoms with Crippen molar-refractivity contribution in [2.24, 2.45) is 4.99 Å². The van der Waals surface area contributed by atoms with Crippen LogP contribution < -0.4 is 10.1 Å². The second kappa shape index (κ2) is 11.5. The number of aryl methyl sites for hydroxylation is 1. The van der Waals surface area contributed by atoms with Gasteiger partial charge in [0.15, 0.2) is 5.17 Å². The number of hydrogen-bond donors (Lipinski definition) is 1. The van der Waals surface area contributed by atoms with E-state index in [0.29, 0.717) is 27.8 Å². The van der Waals surface area contributed by atoms with Crippen LogP contribution in [0.25, 0.3) is 6.08 Å². The molecule has 3 aromatic carbocycles. The van der Waals surface area contributed by atoms with E-state index in [9.17, 15) is 14.9 Å². The maximum absolute atomic E-state index is 12.5. The first-order chi connectivity index (χ1) is 17.4. The molecule has 1 aliphatic heterocycles. The lowest BCUT2D eigenvalue weighted by Crippen LogP contribution is -2.19. The zero-order chi connectivity index (χ0) is 25.5. The van der Waals surface area contributed by atoms with E-state index in [1.54, 1.807) is 18.2 Å². The number of amidine groups is 1. The average molecular weight is 500 g/mol. The van der Waals surface area contributed by atoms with Crippen LogP contribution in [-0.2, 0) is 24.2 Å². The van der Waals surface area contributed by atoms with Crippen molar-refractivity contribution in [1.82, 2.24) is 5.32 Å². The molecule has 0 radical (unpaired) electrons. The van der Waals surface area contributed by atoms with Crippen LogP contribution in [0.3, 0.4) is 0 Å². The fourth-order valence-corrected chi connectivity index (χ4v) is 4.46. The highest BCUT2D eigenvalue weighted by molar-refractivity contribution is 8.18. The Kier molecular flexibility index (Phi) is 7.97. The monoisotopic (exact) mass is 499 g/mol. The number of nitrogens with one attached hydrogen (secondary N) is 1. The number of nitro benzene ring substituents is 1. The van der Waals surface area contributed by atoms with Crippen molar-refractivity contribution in [2.75, 3.05) is 0 Å². The zero-order valence-electron chi connectivity index (χ0n) is 19.8. The molecule has 0 unspecified atom stereocenters. The molecule has 0 bridgehead atoms. The maximum Gasteiger partial charge on any atom is 0.269 e. The van der Waals surface area contributed by atoms with Gasteiger partial charge in [-0.1, -0.05) is 43.3 Å². The van der Waals surface area contributed by atoms with Crippen LogP contribution in [0.15, 0.2) is 89.3 Å². The number of nitrogens with zero attached hydrogens (tertiary/aromatic N) is 2. The standard InChI is InChI=1S/C28H25N3O4S/c1-3-6-22-15-20(11-14-25(22)35-18-21-7-5-8-24(16-21)31(33)34)17-26-27(32)30-28(36-26)29-23-12-9-19(4-2)10-13-23/h3,5,7-17H,1,4,6,18H2,2H3,(H,29,30,32)/b26-17-. The molecular weight excluding hydrogens is 474 g/mol. The number of ether oxygens (including phenoxy) is 1. The Balaban J connectivity index is 1.49. The second-order valence-corrected chi connectivity index (χ2v) is 9.11. The van der Waals surface area contributed by atoms with Crippen LogP contribution in [0.2, 0.25) is 0 Å². The number of non-ortho nitro benzene ring substituents is 1. The van der Waals surface area contributed by atoms with Crippen molar-refractivity contribution in [2.45, 2.75) is 26.4 Å². The number of thioether (sulfide) groups is 1. The van der Waals surface area contributed by atoms with E-state index in [-0.39, 0.29) is 18.2 Å². The molecule has 0 saturated carbocycles. The van der Waals surface area contributed by atoms with Gasteiger partial charge in [0.2, 0.25) is 0 Å². The number of rotatable bonds is 9. The third kappa shape index (κ3) is 6.28. The summed E-state index contributed by atoms with van der Waals surface area (Å²) in [5, 5.41) is 14.4. The predicted octanol–water partition coefficient (Wildman–Crippen LogP) is 6.36. The van der Waals surface area contributed by atoms with E-state index in [0.717, 1.165) is 23.2 Å². The third-order valence-corrected chi connectivity index (χ3v) is 6.40. The Labute approximate surface area is 213 Å². The highest BCUT2D eigenvalue weighted by Gasteiger charge is 2.24. The Morgan fingerprint density at radius 2 is 1.92 bits per heavy atom. The van der Waals surface area contributed by atoms with Crippen molar-refractivity contribution in [1.29, 1.82) is 0 Å². The molecule has 1 saturated heterocycles. The number of nitro groups is 1. The van der Waals surface area contributed by atoms with E-state index in [1.165, 1.54) is 29.5 Å². The second-order valence-electron chi connectivity index (χ2n) is 8.08. The summed E-state index contributed by atoms with van der Waals surface area (Å²) < 4.78 is 5.96. The molecule has 0 atom stereocenters. The highest BCUT2D eigenvalue weighted by atomic mass is 32.2. The van der Waals surface area contributed by atoms with Gasteiger partial charge in [-0.25, -0.2) is 4.99 Å². The van der Waals surface area contributed by atoms with Gasteiger partial charge in [-0.05, 0) is 77.2 Å². The first-order valence-electron chi connectivity index (χ1n) is 11.4. The van der Waals surface area contributed by atoms with Gasteiger partial charge in [0.1, 0.15) is 12.4 Å². The number of aliphatic imine (C=N–C) groups is 1. The lowest BCUT2D eigenvalue weighted by atomic mass is 10.1. The molecule has 3 aromatic rings. The summed E-state index contributed by atoms with van der Waals surface area (Å²) in [4.78, 5) is 28.2. The van der Waals surface area contributed by atoms with Crippen LogP contribution >= 0.6 is 11.8 Å². The first kappa shape index (κ1) is 24.9. The largest absolute Gasteiger partial charge is 0.489 e. The summed E-state index contributed by atoms with van der Waals surface area (Å²) in [5.41, 5.74) is 4.50. The van der Waals surface area contributed by atoms with Gasteiger partial charge in [0, 0.05) is 12.1 Å². The number of carbonyl (C=O) groups is 1. The molecule has 8 heteroatoms. The van der Waals surface area contributed by atoms with Gasteiger partial charge in [-0.15, -0.1) is 6.58 Å². The molecule has 36 heavy (non-hydrogen) atoms. The first-order valence-corrected chi connectivity index (χ1v) is 12.3. The molecule has 0 spiro atoms. The normalized spacial score (nSPS) is 15.2. The van der Waals surface area contributed by atoms with Gasteiger partial charge in [0.25, 0.3) is 11.6 Å². The summed E-state index contributed by atoms with van der Waals surface area (Å²) in [5.74, 6) is 0.463. The van der Waals surface area contributed by atoms with Crippen LogP contribution in [-0.4, -0.2) is 16.0 Å². The molecule has 1 heterocycles. The van der Waals surface area contributed by atoms with Crippen molar-refractivity contribution in [3.63, 3.8) is 0 Å². The Bertz CT molecular complexity index is 1360. The number of amides is 1. The zero-order valence-corrected chi connectivity index (χ0v) is 20.6. The summed E-state index contributed by atoms with van der Waals surface area (Å²) in [6.45, 7) is 6.12. The quantitative estimate of drug-likeness (QED) is 0.160. The smallest absolute Gasteiger partial charge is 0.269 e. The van der Waals surface area contributed by atoms with Crippen LogP contribution in [0.4, 0.5) is 11.4 Å². The molecule has 4 rings (SSSR count). The van der Waals surface area contributed by atoms with E-state index in [4.69, 9.17) is 4.74 Å². The van der Waals surface area contributed by atoms with Crippen LogP contribution in [0.1, 0.15) is 29.2 Å². The van der Waals surface area contributed by atoms with Gasteiger partial charge in [-0.3, -0.25) is 14.9 Å². The fourth-order valence-electron chi connectivity index (χ4n) is 3.62. The minimum atomic E-state index is -0.426. The molecule has 0 aromatic heterocycles. The van der Waals surface area contributed by atoms with Gasteiger partial charge >= 0.3 is 0 Å². The van der Waals surface area contributed by atoms with E-state index in [1.807, 2.05) is 48.5 Å². The number of hydrogen-bond acceptors (Lipinski definition) is 6. The Morgan fingerprint density at radius 3 is 2.64 bits per heavy atom. The number of allylic oxidation sites excluding steroid dienone is 1. The highest BCUT2D eigenvalue weighted by Crippen LogP contribution is 2.30. The maximum atomic E-state index is 12.5. The minimum Gasteiger partial charge on any atom is -0.489 e. The van der Waals surface area contributed by atoms with Crippen molar-refractivity contribution >= 4 is 40.3 Å².